The number of halogens is 1. The Bertz CT molecular complexity index is 978. The third kappa shape index (κ3) is 6.94. The first kappa shape index (κ1) is 27.4. The van der Waals surface area contributed by atoms with Crippen LogP contribution in [0.3, 0.4) is 0 Å². The molecule has 2 N–H and O–H groups in total. The normalized spacial score (nSPS) is 12.3. The minimum Gasteiger partial charge on any atom is -0.338 e. The van der Waals surface area contributed by atoms with Gasteiger partial charge in [-0.3, -0.25) is 0 Å². The van der Waals surface area contributed by atoms with Crippen LogP contribution in [0.25, 0.3) is 22.6 Å². The maximum Gasteiger partial charge on any atom is 0.161 e. The topological polar surface area (TPSA) is 61.7 Å². The SMILES string of the molecule is CC/C=C(\C)C(C)CC.CCC.Cc1ncn(N)c1-c1nc2ccc(F)cc2n1C(C)C. The summed E-state index contributed by atoms with van der Waals surface area (Å²) in [6.07, 6.45) is 7.56. The third-order valence-corrected chi connectivity index (χ3v) is 5.27. The van der Waals surface area contributed by atoms with Crippen molar-refractivity contribution in [3.8, 4) is 11.5 Å². The van der Waals surface area contributed by atoms with E-state index in [1.165, 1.54) is 36.1 Å². The Morgan fingerprint density at radius 3 is 2.25 bits per heavy atom. The molecule has 1 atom stereocenters. The van der Waals surface area contributed by atoms with Crippen LogP contribution in [0.15, 0.2) is 36.2 Å². The van der Waals surface area contributed by atoms with Gasteiger partial charge in [0, 0.05) is 6.04 Å². The van der Waals surface area contributed by atoms with Crippen molar-refractivity contribution in [3.05, 3.63) is 47.7 Å². The fourth-order valence-corrected chi connectivity index (χ4v) is 3.33. The minimum atomic E-state index is -0.274. The van der Waals surface area contributed by atoms with E-state index in [0.29, 0.717) is 5.82 Å². The van der Waals surface area contributed by atoms with Gasteiger partial charge in [0.25, 0.3) is 0 Å². The quantitative estimate of drug-likeness (QED) is 0.329. The highest BCUT2D eigenvalue weighted by Crippen LogP contribution is 2.29. The molecule has 0 bridgehead atoms. The molecule has 0 radical (unpaired) electrons. The van der Waals surface area contributed by atoms with Crippen molar-refractivity contribution in [2.24, 2.45) is 5.92 Å². The summed E-state index contributed by atoms with van der Waals surface area (Å²) in [5, 5.41) is 0. The number of hydrogen-bond acceptors (Lipinski definition) is 3. The van der Waals surface area contributed by atoms with E-state index in [1.54, 1.807) is 18.0 Å². The van der Waals surface area contributed by atoms with E-state index < -0.39 is 0 Å². The maximum absolute atomic E-state index is 13.5. The zero-order valence-electron chi connectivity index (χ0n) is 21.4. The molecule has 32 heavy (non-hydrogen) atoms. The number of benzene rings is 1. The van der Waals surface area contributed by atoms with Crippen LogP contribution in [0.2, 0.25) is 0 Å². The molecule has 0 aliphatic heterocycles. The number of nitrogen functional groups attached to an aromatic ring is 1. The number of imidazole rings is 2. The highest BCUT2D eigenvalue weighted by atomic mass is 19.1. The van der Waals surface area contributed by atoms with Crippen molar-refractivity contribution < 1.29 is 4.39 Å². The molecular weight excluding hydrogens is 401 g/mol. The van der Waals surface area contributed by atoms with Gasteiger partial charge in [-0.15, -0.1) is 0 Å². The highest BCUT2D eigenvalue weighted by molar-refractivity contribution is 5.80. The number of aromatic nitrogens is 4. The average Bonchev–Trinajstić information content (AvgIpc) is 3.27. The first-order valence-electron chi connectivity index (χ1n) is 11.8. The van der Waals surface area contributed by atoms with Crippen molar-refractivity contribution in [1.29, 1.82) is 0 Å². The van der Waals surface area contributed by atoms with Crippen LogP contribution in [0.5, 0.6) is 0 Å². The molecular formula is C26H42FN5. The second-order valence-electron chi connectivity index (χ2n) is 8.49. The van der Waals surface area contributed by atoms with Gasteiger partial charge in [0.1, 0.15) is 17.8 Å². The largest absolute Gasteiger partial charge is 0.338 e. The van der Waals surface area contributed by atoms with Crippen molar-refractivity contribution in [3.63, 3.8) is 0 Å². The van der Waals surface area contributed by atoms with E-state index in [1.807, 2.05) is 25.3 Å². The predicted octanol–water partition coefficient (Wildman–Crippen LogP) is 7.45. The van der Waals surface area contributed by atoms with Crippen molar-refractivity contribution in [2.75, 3.05) is 5.84 Å². The smallest absolute Gasteiger partial charge is 0.161 e. The summed E-state index contributed by atoms with van der Waals surface area (Å²) in [4.78, 5) is 8.79. The molecule has 3 rings (SSSR count). The fourth-order valence-electron chi connectivity index (χ4n) is 3.33. The van der Waals surface area contributed by atoms with Crippen LogP contribution in [-0.4, -0.2) is 19.2 Å². The van der Waals surface area contributed by atoms with E-state index in [4.69, 9.17) is 5.84 Å². The fraction of sp³-hybridized carbons (Fsp3) is 0.538. The molecule has 0 amide bonds. The summed E-state index contributed by atoms with van der Waals surface area (Å²) in [7, 11) is 0. The molecule has 3 aromatic rings. The molecule has 0 saturated heterocycles. The summed E-state index contributed by atoms with van der Waals surface area (Å²) in [6, 6.07) is 4.72. The van der Waals surface area contributed by atoms with Crippen LogP contribution in [-0.2, 0) is 0 Å². The van der Waals surface area contributed by atoms with Crippen molar-refractivity contribution in [2.45, 2.75) is 87.6 Å². The summed E-state index contributed by atoms with van der Waals surface area (Å²) >= 11 is 0. The number of allylic oxidation sites excluding steroid dienone is 2. The summed E-state index contributed by atoms with van der Waals surface area (Å²) in [5.41, 5.74) is 4.59. The Hall–Kier alpha value is -2.63. The van der Waals surface area contributed by atoms with Gasteiger partial charge in [0.05, 0.1) is 16.7 Å². The number of hydrogen-bond donors (Lipinski definition) is 1. The lowest BCUT2D eigenvalue weighted by Gasteiger charge is -2.13. The zero-order chi connectivity index (χ0) is 24.4. The average molecular weight is 444 g/mol. The van der Waals surface area contributed by atoms with E-state index in [-0.39, 0.29) is 11.9 Å². The second kappa shape index (κ2) is 13.0. The van der Waals surface area contributed by atoms with Gasteiger partial charge in [-0.1, -0.05) is 52.7 Å². The molecule has 5 nitrogen and oxygen atoms in total. The molecule has 2 aromatic heterocycles. The molecule has 0 aliphatic carbocycles. The van der Waals surface area contributed by atoms with E-state index in [9.17, 15) is 4.39 Å². The van der Waals surface area contributed by atoms with Crippen molar-refractivity contribution >= 4 is 11.0 Å². The van der Waals surface area contributed by atoms with Gasteiger partial charge in [-0.25, -0.2) is 19.0 Å². The number of nitrogens with zero attached hydrogens (tertiary/aromatic N) is 4. The van der Waals surface area contributed by atoms with Crippen LogP contribution >= 0.6 is 0 Å². The van der Waals surface area contributed by atoms with Gasteiger partial charge < -0.3 is 10.4 Å². The molecule has 1 unspecified atom stereocenters. The van der Waals surface area contributed by atoms with E-state index in [0.717, 1.165) is 28.3 Å². The number of rotatable bonds is 5. The summed E-state index contributed by atoms with van der Waals surface area (Å²) < 4.78 is 16.9. The maximum atomic E-state index is 13.5. The van der Waals surface area contributed by atoms with Crippen LogP contribution < -0.4 is 5.84 Å². The molecule has 2 heterocycles. The molecule has 0 aliphatic rings. The van der Waals surface area contributed by atoms with Crippen LogP contribution in [0, 0.1) is 18.7 Å². The Morgan fingerprint density at radius 1 is 1.16 bits per heavy atom. The predicted molar refractivity (Wildman–Crippen MR) is 136 cm³/mol. The monoisotopic (exact) mass is 443 g/mol. The van der Waals surface area contributed by atoms with Gasteiger partial charge in [0.2, 0.25) is 0 Å². The molecule has 0 fully saturated rings. The molecule has 1 aromatic carbocycles. The lowest BCUT2D eigenvalue weighted by molar-refractivity contribution is 0.611. The van der Waals surface area contributed by atoms with Gasteiger partial charge >= 0.3 is 0 Å². The lowest BCUT2D eigenvalue weighted by Crippen LogP contribution is -2.12. The number of nitrogens with two attached hydrogens (primary N) is 1. The molecule has 6 heteroatoms. The highest BCUT2D eigenvalue weighted by Gasteiger charge is 2.20. The van der Waals surface area contributed by atoms with Gasteiger partial charge in [-0.05, 0) is 64.7 Å². The first-order chi connectivity index (χ1) is 15.1. The van der Waals surface area contributed by atoms with Gasteiger partial charge in [0.15, 0.2) is 5.82 Å². The van der Waals surface area contributed by atoms with E-state index in [2.05, 4.69) is 57.6 Å². The van der Waals surface area contributed by atoms with Crippen molar-refractivity contribution in [1.82, 2.24) is 19.2 Å². The lowest BCUT2D eigenvalue weighted by atomic mass is 9.99. The Kier molecular flexibility index (Phi) is 11.2. The van der Waals surface area contributed by atoms with E-state index >= 15 is 0 Å². The summed E-state index contributed by atoms with van der Waals surface area (Å²) in [6.45, 7) is 19.1. The standard InChI is InChI=1S/C14H16FN5.C9H18.C3H8/c1-8(2)20-12-6-10(15)4-5-11(12)18-14(20)13-9(3)17-7-19(13)16;1-5-7-9(4)8(3)6-2;1-3-2/h4-8H,16H2,1-3H3;7-8H,5-6H2,1-4H3;3H2,1-2H3/b;9-7+;. The summed E-state index contributed by atoms with van der Waals surface area (Å²) in [5.74, 6) is 7.14. The minimum absolute atomic E-state index is 0.131. The zero-order valence-corrected chi connectivity index (χ0v) is 21.4. The molecule has 0 spiro atoms. The Balaban J connectivity index is 0.000000360. The van der Waals surface area contributed by atoms with Crippen LogP contribution in [0.1, 0.15) is 86.4 Å². The third-order valence-electron chi connectivity index (χ3n) is 5.27. The van der Waals surface area contributed by atoms with Gasteiger partial charge in [-0.2, -0.15) is 0 Å². The first-order valence-corrected chi connectivity index (χ1v) is 11.8. The molecule has 0 saturated carbocycles. The second-order valence-corrected chi connectivity index (χ2v) is 8.49. The molecule has 178 valence electrons. The Labute approximate surface area is 193 Å². The Morgan fingerprint density at radius 2 is 1.78 bits per heavy atom. The number of fused-ring (bicyclic) bond motifs is 1. The van der Waals surface area contributed by atoms with Crippen LogP contribution in [0.4, 0.5) is 4.39 Å². The number of aryl methyl sites for hydroxylation is 1.